The van der Waals surface area contributed by atoms with Crippen molar-refractivity contribution in [3.63, 3.8) is 0 Å². The normalized spacial score (nSPS) is 12.7. The van der Waals surface area contributed by atoms with Crippen LogP contribution in [-0.4, -0.2) is 16.5 Å². The number of aromatic nitrogens is 1. The van der Waals surface area contributed by atoms with Gasteiger partial charge in [0.2, 0.25) is 0 Å². The molecule has 0 spiro atoms. The van der Waals surface area contributed by atoms with Crippen LogP contribution in [0.4, 0.5) is 0 Å². The molecule has 0 bridgehead atoms. The number of amides is 1. The Kier molecular flexibility index (Phi) is 4.06. The Bertz CT molecular complexity index is 858. The Labute approximate surface area is 132 Å². The molecule has 1 N–H and O–H groups in total. The molecule has 1 atom stereocenters. The molecule has 6 heteroatoms. The number of benzene rings is 1. The number of hydrogen-bond acceptors (Lipinski definition) is 4. The molecular formula is C17H18N2O4. The molecule has 3 aromatic rings. The summed E-state index contributed by atoms with van der Waals surface area (Å²) in [4.78, 5) is 24.3. The second-order valence-electron chi connectivity index (χ2n) is 5.75. The van der Waals surface area contributed by atoms with Crippen molar-refractivity contribution in [2.24, 2.45) is 5.92 Å². The van der Waals surface area contributed by atoms with E-state index in [2.05, 4.69) is 5.32 Å². The third-order valence-corrected chi connectivity index (χ3v) is 3.82. The zero-order chi connectivity index (χ0) is 16.4. The molecule has 0 unspecified atom stereocenters. The highest BCUT2D eigenvalue weighted by Crippen LogP contribution is 2.14. The van der Waals surface area contributed by atoms with Crippen LogP contribution in [0, 0.1) is 5.92 Å². The SMILES string of the molecule is CC(C)[C@@H](Cn1c(=O)oc2ccccc21)NC(=O)c1ccco1. The lowest BCUT2D eigenvalue weighted by molar-refractivity contribution is 0.0892. The Morgan fingerprint density at radius 2 is 2.00 bits per heavy atom. The van der Waals surface area contributed by atoms with Gasteiger partial charge in [0, 0.05) is 12.6 Å². The molecule has 0 radical (unpaired) electrons. The summed E-state index contributed by atoms with van der Waals surface area (Å²) in [5, 5.41) is 2.91. The van der Waals surface area contributed by atoms with Crippen molar-refractivity contribution >= 4 is 17.0 Å². The third-order valence-electron chi connectivity index (χ3n) is 3.82. The molecule has 23 heavy (non-hydrogen) atoms. The minimum Gasteiger partial charge on any atom is -0.459 e. The van der Waals surface area contributed by atoms with Gasteiger partial charge in [0.25, 0.3) is 5.91 Å². The van der Waals surface area contributed by atoms with E-state index in [4.69, 9.17) is 8.83 Å². The molecule has 120 valence electrons. The lowest BCUT2D eigenvalue weighted by Crippen LogP contribution is -2.42. The van der Waals surface area contributed by atoms with Gasteiger partial charge in [-0.25, -0.2) is 4.79 Å². The predicted octanol–water partition coefficient (Wildman–Crippen LogP) is 2.64. The van der Waals surface area contributed by atoms with Crippen LogP contribution in [0.3, 0.4) is 0 Å². The molecule has 6 nitrogen and oxygen atoms in total. The van der Waals surface area contributed by atoms with Crippen molar-refractivity contribution in [1.82, 2.24) is 9.88 Å². The first-order valence-electron chi connectivity index (χ1n) is 7.49. The summed E-state index contributed by atoms with van der Waals surface area (Å²) in [6.07, 6.45) is 1.45. The molecule has 1 amide bonds. The quantitative estimate of drug-likeness (QED) is 0.785. The number of rotatable bonds is 5. The summed E-state index contributed by atoms with van der Waals surface area (Å²) < 4.78 is 11.9. The number of fused-ring (bicyclic) bond motifs is 1. The van der Waals surface area contributed by atoms with E-state index in [9.17, 15) is 9.59 Å². The number of hydrogen-bond donors (Lipinski definition) is 1. The van der Waals surface area contributed by atoms with Crippen LogP contribution in [0.15, 0.2) is 56.3 Å². The van der Waals surface area contributed by atoms with Crippen molar-refractivity contribution in [3.05, 3.63) is 59.0 Å². The van der Waals surface area contributed by atoms with Crippen LogP contribution in [-0.2, 0) is 6.54 Å². The predicted molar refractivity (Wildman–Crippen MR) is 85.3 cm³/mol. The number of nitrogens with one attached hydrogen (secondary N) is 1. The van der Waals surface area contributed by atoms with Gasteiger partial charge in [0.15, 0.2) is 11.3 Å². The molecule has 3 rings (SSSR count). The summed E-state index contributed by atoms with van der Waals surface area (Å²) in [5.41, 5.74) is 1.26. The first-order valence-corrected chi connectivity index (χ1v) is 7.49. The molecule has 0 aliphatic rings. The molecule has 0 saturated carbocycles. The maximum absolute atomic E-state index is 12.2. The fourth-order valence-electron chi connectivity index (χ4n) is 2.45. The number of carbonyl (C=O) groups excluding carboxylic acids is 1. The number of carbonyl (C=O) groups is 1. The summed E-state index contributed by atoms with van der Waals surface area (Å²) >= 11 is 0. The summed E-state index contributed by atoms with van der Waals surface area (Å²) in [6, 6.07) is 10.3. The van der Waals surface area contributed by atoms with Gasteiger partial charge in [-0.3, -0.25) is 9.36 Å². The second-order valence-corrected chi connectivity index (χ2v) is 5.75. The van der Waals surface area contributed by atoms with Gasteiger partial charge in [-0.15, -0.1) is 0 Å². The van der Waals surface area contributed by atoms with E-state index in [1.165, 1.54) is 6.26 Å². The summed E-state index contributed by atoms with van der Waals surface area (Å²) in [7, 11) is 0. The highest BCUT2D eigenvalue weighted by molar-refractivity contribution is 5.91. The van der Waals surface area contributed by atoms with Crippen LogP contribution >= 0.6 is 0 Å². The topological polar surface area (TPSA) is 77.4 Å². The van der Waals surface area contributed by atoms with Crippen molar-refractivity contribution in [3.8, 4) is 0 Å². The van der Waals surface area contributed by atoms with E-state index in [1.807, 2.05) is 32.0 Å². The highest BCUT2D eigenvalue weighted by atomic mass is 16.4. The monoisotopic (exact) mass is 314 g/mol. The molecule has 0 saturated heterocycles. The maximum atomic E-state index is 12.2. The molecule has 2 aromatic heterocycles. The first kappa shape index (κ1) is 15.1. The third kappa shape index (κ3) is 3.06. The van der Waals surface area contributed by atoms with Gasteiger partial charge in [-0.2, -0.15) is 0 Å². The van der Waals surface area contributed by atoms with Gasteiger partial charge < -0.3 is 14.2 Å². The molecule has 2 heterocycles. The highest BCUT2D eigenvalue weighted by Gasteiger charge is 2.21. The van der Waals surface area contributed by atoms with Crippen molar-refractivity contribution in [2.75, 3.05) is 0 Å². The molecule has 0 aliphatic heterocycles. The standard InChI is InChI=1S/C17H18N2O4/c1-11(2)12(18-16(20)15-8-5-9-22-15)10-19-13-6-3-4-7-14(13)23-17(19)21/h3-9,11-12H,10H2,1-2H3,(H,18,20)/t12-/m1/s1. The van der Waals surface area contributed by atoms with Crippen LogP contribution < -0.4 is 11.1 Å². The maximum Gasteiger partial charge on any atom is 0.420 e. The number of furan rings is 1. The average Bonchev–Trinajstić information content (AvgIpc) is 3.15. The summed E-state index contributed by atoms with van der Waals surface area (Å²) in [5.74, 6) is -0.340. The van der Waals surface area contributed by atoms with Crippen molar-refractivity contribution in [1.29, 1.82) is 0 Å². The summed E-state index contributed by atoms with van der Waals surface area (Å²) in [6.45, 7) is 4.31. The second kappa shape index (κ2) is 6.16. The minimum absolute atomic E-state index is 0.134. The van der Waals surface area contributed by atoms with Gasteiger partial charge in [0.1, 0.15) is 0 Å². The number of oxazole rings is 1. The molecule has 0 aliphatic carbocycles. The fourth-order valence-corrected chi connectivity index (χ4v) is 2.45. The lowest BCUT2D eigenvalue weighted by Gasteiger charge is -2.22. The van der Waals surface area contributed by atoms with Gasteiger partial charge in [-0.05, 0) is 30.2 Å². The Balaban J connectivity index is 1.86. The van der Waals surface area contributed by atoms with Crippen LogP contribution in [0.25, 0.3) is 11.1 Å². The zero-order valence-corrected chi connectivity index (χ0v) is 13.0. The minimum atomic E-state index is -0.427. The van der Waals surface area contributed by atoms with Crippen LogP contribution in [0.1, 0.15) is 24.4 Å². The smallest absolute Gasteiger partial charge is 0.420 e. The van der Waals surface area contributed by atoms with E-state index in [1.54, 1.807) is 22.8 Å². The van der Waals surface area contributed by atoms with Crippen molar-refractivity contribution < 1.29 is 13.6 Å². The van der Waals surface area contributed by atoms with Gasteiger partial charge >= 0.3 is 5.76 Å². The average molecular weight is 314 g/mol. The lowest BCUT2D eigenvalue weighted by atomic mass is 10.0. The largest absolute Gasteiger partial charge is 0.459 e. The van der Waals surface area contributed by atoms with E-state index in [0.717, 1.165) is 5.52 Å². The first-order chi connectivity index (χ1) is 11.1. The van der Waals surface area contributed by atoms with E-state index >= 15 is 0 Å². The van der Waals surface area contributed by atoms with Gasteiger partial charge in [0.05, 0.1) is 11.8 Å². The number of nitrogens with zero attached hydrogens (tertiary/aromatic N) is 1. The van der Waals surface area contributed by atoms with Crippen LogP contribution in [0.5, 0.6) is 0 Å². The Hall–Kier alpha value is -2.76. The van der Waals surface area contributed by atoms with E-state index in [-0.39, 0.29) is 23.6 Å². The van der Waals surface area contributed by atoms with Crippen LogP contribution in [0.2, 0.25) is 0 Å². The van der Waals surface area contributed by atoms with Gasteiger partial charge in [-0.1, -0.05) is 26.0 Å². The fraction of sp³-hybridized carbons (Fsp3) is 0.294. The molecule has 1 aromatic carbocycles. The van der Waals surface area contributed by atoms with Crippen molar-refractivity contribution in [2.45, 2.75) is 26.4 Å². The van der Waals surface area contributed by atoms with E-state index in [0.29, 0.717) is 12.1 Å². The zero-order valence-electron chi connectivity index (χ0n) is 13.0. The Morgan fingerprint density at radius 1 is 1.22 bits per heavy atom. The van der Waals surface area contributed by atoms with E-state index < -0.39 is 5.76 Å². The Morgan fingerprint density at radius 3 is 2.70 bits per heavy atom. The molecular weight excluding hydrogens is 296 g/mol. The number of para-hydroxylation sites is 2. The molecule has 0 fully saturated rings.